The van der Waals surface area contributed by atoms with Crippen LogP contribution in [0.4, 0.5) is 0 Å². The summed E-state index contributed by atoms with van der Waals surface area (Å²) in [5.41, 5.74) is 0.0303. The van der Waals surface area contributed by atoms with E-state index in [0.717, 1.165) is 50.7 Å². The molecule has 0 aliphatic carbocycles. The molecule has 3 rings (SSSR count). The predicted molar refractivity (Wildman–Crippen MR) is 77.7 cm³/mol. The summed E-state index contributed by atoms with van der Waals surface area (Å²) in [6.45, 7) is 5.47. The molecule has 6 heteroatoms. The molecule has 1 aliphatic heterocycles. The minimum atomic E-state index is 0.0303. The summed E-state index contributed by atoms with van der Waals surface area (Å²) in [6, 6.07) is 1.51. The maximum atomic E-state index is 11.7. The Bertz CT molecular complexity index is 641. The first-order valence-corrected chi connectivity index (χ1v) is 7.35. The summed E-state index contributed by atoms with van der Waals surface area (Å²) in [5.74, 6) is 2.18. The molecule has 0 spiro atoms. The summed E-state index contributed by atoms with van der Waals surface area (Å²) >= 11 is 0. The molecule has 0 radical (unpaired) electrons. The largest absolute Gasteiger partial charge is 0.445 e. The van der Waals surface area contributed by atoms with Gasteiger partial charge in [-0.1, -0.05) is 0 Å². The molecule has 21 heavy (non-hydrogen) atoms. The monoisotopic (exact) mass is 288 g/mol. The Morgan fingerprint density at radius 3 is 2.86 bits per heavy atom. The average Bonchev–Trinajstić information content (AvgIpc) is 2.89. The first-order valence-electron chi connectivity index (χ1n) is 7.35. The van der Waals surface area contributed by atoms with Crippen molar-refractivity contribution in [3.8, 4) is 0 Å². The quantitative estimate of drug-likeness (QED) is 0.852. The molecule has 2 aromatic heterocycles. The number of aromatic nitrogens is 3. The van der Waals surface area contributed by atoms with Gasteiger partial charge in [-0.2, -0.15) is 0 Å². The first-order chi connectivity index (χ1) is 10.2. The fraction of sp³-hybridized carbons (Fsp3) is 0.533. The van der Waals surface area contributed by atoms with Gasteiger partial charge in [-0.15, -0.1) is 0 Å². The van der Waals surface area contributed by atoms with Gasteiger partial charge in [0.1, 0.15) is 5.76 Å². The van der Waals surface area contributed by atoms with Crippen LogP contribution in [0, 0.1) is 12.8 Å². The summed E-state index contributed by atoms with van der Waals surface area (Å²) < 4.78 is 7.22. The van der Waals surface area contributed by atoms with E-state index in [2.05, 4.69) is 14.9 Å². The molecular weight excluding hydrogens is 268 g/mol. The molecule has 6 nitrogen and oxygen atoms in total. The van der Waals surface area contributed by atoms with Crippen LogP contribution in [0.15, 0.2) is 34.0 Å². The third-order valence-electron chi connectivity index (χ3n) is 3.98. The molecule has 112 valence electrons. The molecule has 0 bridgehead atoms. The number of piperidine rings is 1. The van der Waals surface area contributed by atoms with Gasteiger partial charge < -0.3 is 4.42 Å². The lowest BCUT2D eigenvalue weighted by atomic mass is 9.97. The minimum absolute atomic E-state index is 0.0303. The Hall–Kier alpha value is -1.95. The van der Waals surface area contributed by atoms with Gasteiger partial charge in [0.05, 0.1) is 19.1 Å². The summed E-state index contributed by atoms with van der Waals surface area (Å²) in [7, 11) is 0. The Morgan fingerprint density at radius 2 is 2.19 bits per heavy atom. The standard InChI is InChI=1S/C15H20N4O2/c1-12-8-17-14(21-12)10-18-6-3-13(4-7-18)9-19-11-16-5-2-15(19)20/h2,5,8,11,13H,3-4,6-7,9-10H2,1H3. The molecule has 0 saturated carbocycles. The average molecular weight is 288 g/mol. The van der Waals surface area contributed by atoms with E-state index < -0.39 is 0 Å². The molecule has 1 saturated heterocycles. The van der Waals surface area contributed by atoms with Crippen LogP contribution in [0.3, 0.4) is 0 Å². The van der Waals surface area contributed by atoms with Crippen molar-refractivity contribution in [2.45, 2.75) is 32.9 Å². The Labute approximate surface area is 123 Å². The molecule has 0 N–H and O–H groups in total. The maximum Gasteiger partial charge on any atom is 0.253 e. The van der Waals surface area contributed by atoms with Gasteiger partial charge in [0.25, 0.3) is 5.56 Å². The molecule has 1 aliphatic rings. The summed E-state index contributed by atoms with van der Waals surface area (Å²) in [6.07, 6.45) is 7.10. The van der Waals surface area contributed by atoms with Crippen LogP contribution in [0.1, 0.15) is 24.5 Å². The highest BCUT2D eigenvalue weighted by Gasteiger charge is 2.21. The normalized spacial score (nSPS) is 17.2. The van der Waals surface area contributed by atoms with Gasteiger partial charge in [-0.05, 0) is 38.8 Å². The van der Waals surface area contributed by atoms with E-state index in [1.807, 2.05) is 6.92 Å². The van der Waals surface area contributed by atoms with Crippen LogP contribution in [0.25, 0.3) is 0 Å². The molecule has 0 aromatic carbocycles. The van der Waals surface area contributed by atoms with E-state index in [4.69, 9.17) is 4.42 Å². The highest BCUT2D eigenvalue weighted by Crippen LogP contribution is 2.20. The molecule has 0 atom stereocenters. The number of aryl methyl sites for hydroxylation is 1. The smallest absolute Gasteiger partial charge is 0.253 e. The van der Waals surface area contributed by atoms with Crippen molar-refractivity contribution < 1.29 is 4.42 Å². The Kier molecular flexibility index (Phi) is 4.15. The van der Waals surface area contributed by atoms with Gasteiger partial charge >= 0.3 is 0 Å². The van der Waals surface area contributed by atoms with Crippen molar-refractivity contribution in [2.75, 3.05) is 13.1 Å². The van der Waals surface area contributed by atoms with E-state index in [0.29, 0.717) is 5.92 Å². The molecule has 0 unspecified atom stereocenters. The van der Waals surface area contributed by atoms with Crippen LogP contribution in [0.5, 0.6) is 0 Å². The van der Waals surface area contributed by atoms with E-state index >= 15 is 0 Å². The van der Waals surface area contributed by atoms with E-state index in [1.165, 1.54) is 6.07 Å². The number of oxazole rings is 1. The minimum Gasteiger partial charge on any atom is -0.445 e. The molecule has 1 fully saturated rings. The second-order valence-electron chi connectivity index (χ2n) is 5.66. The lowest BCUT2D eigenvalue weighted by molar-refractivity contribution is 0.154. The second-order valence-corrected chi connectivity index (χ2v) is 5.66. The molecular formula is C15H20N4O2. The van der Waals surface area contributed by atoms with E-state index in [-0.39, 0.29) is 5.56 Å². The highest BCUT2D eigenvalue weighted by atomic mass is 16.4. The maximum absolute atomic E-state index is 11.7. The van der Waals surface area contributed by atoms with Crippen molar-refractivity contribution in [1.82, 2.24) is 19.4 Å². The zero-order valence-corrected chi connectivity index (χ0v) is 12.2. The zero-order chi connectivity index (χ0) is 14.7. The third kappa shape index (κ3) is 3.58. The van der Waals surface area contributed by atoms with Crippen LogP contribution in [-0.4, -0.2) is 32.5 Å². The lowest BCUT2D eigenvalue weighted by Gasteiger charge is -2.31. The second kappa shape index (κ2) is 6.22. The van der Waals surface area contributed by atoms with Crippen molar-refractivity contribution in [2.24, 2.45) is 5.92 Å². The van der Waals surface area contributed by atoms with Crippen molar-refractivity contribution in [3.05, 3.63) is 46.8 Å². The SMILES string of the molecule is Cc1cnc(CN2CCC(Cn3cnccc3=O)CC2)o1. The van der Waals surface area contributed by atoms with Crippen LogP contribution in [0.2, 0.25) is 0 Å². The van der Waals surface area contributed by atoms with Gasteiger partial charge in [-0.25, -0.2) is 9.97 Å². The molecule has 0 amide bonds. The predicted octanol–water partition coefficient (Wildman–Crippen LogP) is 1.45. The number of hydrogen-bond acceptors (Lipinski definition) is 5. The third-order valence-corrected chi connectivity index (χ3v) is 3.98. The van der Waals surface area contributed by atoms with Crippen LogP contribution < -0.4 is 5.56 Å². The number of likely N-dealkylation sites (tertiary alicyclic amines) is 1. The van der Waals surface area contributed by atoms with Gasteiger partial charge in [0.2, 0.25) is 5.89 Å². The number of rotatable bonds is 4. The molecule has 2 aromatic rings. The molecule has 3 heterocycles. The van der Waals surface area contributed by atoms with Gasteiger partial charge in [-0.3, -0.25) is 14.3 Å². The fourth-order valence-corrected chi connectivity index (χ4v) is 2.79. The van der Waals surface area contributed by atoms with Gasteiger partial charge in [0, 0.05) is 18.8 Å². The Balaban J connectivity index is 1.51. The summed E-state index contributed by atoms with van der Waals surface area (Å²) in [4.78, 5) is 22.3. The van der Waals surface area contributed by atoms with Crippen molar-refractivity contribution >= 4 is 0 Å². The topological polar surface area (TPSA) is 64.2 Å². The fourth-order valence-electron chi connectivity index (χ4n) is 2.79. The van der Waals surface area contributed by atoms with E-state index in [1.54, 1.807) is 23.3 Å². The van der Waals surface area contributed by atoms with Crippen molar-refractivity contribution in [3.63, 3.8) is 0 Å². The summed E-state index contributed by atoms with van der Waals surface area (Å²) in [5, 5.41) is 0. The zero-order valence-electron chi connectivity index (χ0n) is 12.2. The lowest BCUT2D eigenvalue weighted by Crippen LogP contribution is -2.36. The number of nitrogens with zero attached hydrogens (tertiary/aromatic N) is 4. The van der Waals surface area contributed by atoms with E-state index in [9.17, 15) is 4.79 Å². The highest BCUT2D eigenvalue weighted by molar-refractivity contribution is 4.91. The van der Waals surface area contributed by atoms with Crippen LogP contribution in [-0.2, 0) is 13.1 Å². The Morgan fingerprint density at radius 1 is 1.38 bits per heavy atom. The first kappa shape index (κ1) is 14.0. The van der Waals surface area contributed by atoms with Crippen LogP contribution >= 0.6 is 0 Å². The van der Waals surface area contributed by atoms with Crippen molar-refractivity contribution in [1.29, 1.82) is 0 Å². The number of hydrogen-bond donors (Lipinski definition) is 0. The van der Waals surface area contributed by atoms with Gasteiger partial charge in [0.15, 0.2) is 0 Å².